The lowest BCUT2D eigenvalue weighted by Gasteiger charge is -2.36. The lowest BCUT2D eigenvalue weighted by molar-refractivity contribution is -0.928. The van der Waals surface area contributed by atoms with Crippen LogP contribution in [0.2, 0.25) is 0 Å². The first-order valence-electron chi connectivity index (χ1n) is 8.28. The van der Waals surface area contributed by atoms with Gasteiger partial charge in [0.25, 0.3) is 0 Å². The van der Waals surface area contributed by atoms with Crippen LogP contribution in [0, 0.1) is 5.41 Å². The maximum Gasteiger partial charge on any atom is 0.363 e. The SMILES string of the molecule is CCOC(=O)C[N+](C)(C)NCC(C)(CC)CCC(C)(C)OC. The molecule has 0 rings (SSSR count). The van der Waals surface area contributed by atoms with Gasteiger partial charge in [0.2, 0.25) is 0 Å². The number of ether oxygens (including phenoxy) is 2. The summed E-state index contributed by atoms with van der Waals surface area (Å²) in [5, 5.41) is 0. The fourth-order valence-electron chi connectivity index (χ4n) is 2.09. The van der Waals surface area contributed by atoms with E-state index in [0.717, 1.165) is 25.8 Å². The second-order valence-electron chi connectivity index (χ2n) is 7.61. The normalized spacial score (nSPS) is 15.5. The number of carbonyl (C=O) groups is 1. The van der Waals surface area contributed by atoms with Crippen molar-refractivity contribution in [2.45, 2.75) is 59.5 Å². The van der Waals surface area contributed by atoms with E-state index in [0.29, 0.717) is 17.7 Å². The highest BCUT2D eigenvalue weighted by atomic mass is 16.5. The van der Waals surface area contributed by atoms with E-state index in [1.807, 2.05) is 21.0 Å². The molecule has 0 saturated carbocycles. The monoisotopic (exact) mass is 317 g/mol. The highest BCUT2D eigenvalue weighted by Gasteiger charge is 2.30. The van der Waals surface area contributed by atoms with Crippen molar-refractivity contribution in [1.29, 1.82) is 0 Å². The third-order valence-electron chi connectivity index (χ3n) is 4.50. The van der Waals surface area contributed by atoms with Crippen LogP contribution in [0.5, 0.6) is 0 Å². The summed E-state index contributed by atoms with van der Waals surface area (Å²) in [4.78, 5) is 11.7. The molecule has 1 atom stereocenters. The predicted octanol–water partition coefficient (Wildman–Crippen LogP) is 2.75. The van der Waals surface area contributed by atoms with E-state index >= 15 is 0 Å². The van der Waals surface area contributed by atoms with E-state index in [1.165, 1.54) is 0 Å². The van der Waals surface area contributed by atoms with E-state index in [9.17, 15) is 4.79 Å². The van der Waals surface area contributed by atoms with E-state index < -0.39 is 0 Å². The molecule has 0 radical (unpaired) electrons. The molecule has 0 aliphatic rings. The zero-order valence-corrected chi connectivity index (χ0v) is 15.9. The molecule has 0 aromatic rings. The van der Waals surface area contributed by atoms with Gasteiger partial charge in [0.05, 0.1) is 26.3 Å². The van der Waals surface area contributed by atoms with Crippen molar-refractivity contribution in [3.63, 3.8) is 0 Å². The van der Waals surface area contributed by atoms with Crippen molar-refractivity contribution in [3.05, 3.63) is 0 Å². The van der Waals surface area contributed by atoms with Gasteiger partial charge in [0, 0.05) is 13.7 Å². The van der Waals surface area contributed by atoms with Crippen molar-refractivity contribution in [2.75, 3.05) is 40.9 Å². The van der Waals surface area contributed by atoms with Crippen LogP contribution in [-0.2, 0) is 14.3 Å². The Morgan fingerprint density at radius 1 is 1.14 bits per heavy atom. The molecule has 1 N–H and O–H groups in total. The average molecular weight is 317 g/mol. The van der Waals surface area contributed by atoms with Crippen LogP contribution >= 0.6 is 0 Å². The smallest absolute Gasteiger partial charge is 0.363 e. The van der Waals surface area contributed by atoms with E-state index in [4.69, 9.17) is 9.47 Å². The third-order valence-corrected chi connectivity index (χ3v) is 4.50. The molecule has 0 aromatic heterocycles. The van der Waals surface area contributed by atoms with Crippen LogP contribution in [0.25, 0.3) is 0 Å². The Labute approximate surface area is 136 Å². The summed E-state index contributed by atoms with van der Waals surface area (Å²) < 4.78 is 11.0. The Morgan fingerprint density at radius 2 is 1.73 bits per heavy atom. The maximum absolute atomic E-state index is 11.7. The summed E-state index contributed by atoms with van der Waals surface area (Å²) in [7, 11) is 5.75. The van der Waals surface area contributed by atoms with Crippen molar-refractivity contribution < 1.29 is 18.9 Å². The lowest BCUT2D eigenvalue weighted by atomic mass is 9.80. The van der Waals surface area contributed by atoms with Crippen LogP contribution in [0.1, 0.15) is 53.9 Å². The number of carbonyl (C=O) groups excluding carboxylic acids is 1. The molecular formula is C17H37N2O3+. The standard InChI is InChI=1S/C17H37N2O3/c1-9-17(5,12-11-16(3,4)21-8)14-18-19(6,7)13-15(20)22-10-2/h18H,9-14H2,1-8H3/q+1. The summed E-state index contributed by atoms with van der Waals surface area (Å²) >= 11 is 0. The minimum atomic E-state index is -0.168. The number of esters is 1. The van der Waals surface area contributed by atoms with Crippen molar-refractivity contribution >= 4 is 5.97 Å². The van der Waals surface area contributed by atoms with Gasteiger partial charge in [0.1, 0.15) is 0 Å². The number of hydrogen-bond acceptors (Lipinski definition) is 4. The fraction of sp³-hybridized carbons (Fsp3) is 0.941. The van der Waals surface area contributed by atoms with Gasteiger partial charge >= 0.3 is 5.97 Å². The van der Waals surface area contributed by atoms with Gasteiger partial charge in [-0.15, -0.1) is 0 Å². The molecule has 0 fully saturated rings. The van der Waals surface area contributed by atoms with Crippen LogP contribution < -0.4 is 5.43 Å². The van der Waals surface area contributed by atoms with Gasteiger partial charge in [0.15, 0.2) is 6.54 Å². The Hall–Kier alpha value is -0.650. The number of quaternary nitrogens is 1. The van der Waals surface area contributed by atoms with Gasteiger partial charge in [-0.25, -0.2) is 9.39 Å². The molecule has 0 spiro atoms. The topological polar surface area (TPSA) is 47.6 Å². The first kappa shape index (κ1) is 21.4. The van der Waals surface area contributed by atoms with Gasteiger partial charge in [-0.2, -0.15) is 5.43 Å². The summed E-state index contributed by atoms with van der Waals surface area (Å²) in [5.41, 5.74) is 3.58. The molecule has 0 saturated heterocycles. The zero-order valence-electron chi connectivity index (χ0n) is 15.9. The summed E-state index contributed by atoms with van der Waals surface area (Å²) in [5.74, 6) is -0.168. The van der Waals surface area contributed by atoms with Crippen LogP contribution in [0.3, 0.4) is 0 Å². The molecule has 0 aliphatic heterocycles. The number of nitrogens with zero attached hydrogens (tertiary/aromatic N) is 1. The number of rotatable bonds is 11. The van der Waals surface area contributed by atoms with Gasteiger partial charge in [-0.3, -0.25) is 0 Å². The molecule has 5 nitrogen and oxygen atoms in total. The van der Waals surface area contributed by atoms with E-state index in [1.54, 1.807) is 7.11 Å². The number of nitrogens with one attached hydrogen (secondary N) is 1. The average Bonchev–Trinajstić information content (AvgIpc) is 2.43. The molecule has 0 amide bonds. The van der Waals surface area contributed by atoms with Gasteiger partial charge in [-0.1, -0.05) is 13.8 Å². The molecule has 0 heterocycles. The first-order chi connectivity index (χ1) is 9.99. The molecular weight excluding hydrogens is 280 g/mol. The second-order valence-corrected chi connectivity index (χ2v) is 7.61. The molecule has 0 aromatic carbocycles. The largest absolute Gasteiger partial charge is 0.462 e. The number of methoxy groups -OCH3 is 1. The van der Waals surface area contributed by atoms with Crippen molar-refractivity contribution in [3.8, 4) is 0 Å². The van der Waals surface area contributed by atoms with Crippen molar-refractivity contribution in [2.24, 2.45) is 5.41 Å². The highest BCUT2D eigenvalue weighted by Crippen LogP contribution is 2.31. The minimum Gasteiger partial charge on any atom is -0.462 e. The zero-order chi connectivity index (χ0) is 17.4. The highest BCUT2D eigenvalue weighted by molar-refractivity contribution is 5.70. The Bertz CT molecular complexity index is 343. The Kier molecular flexibility index (Phi) is 8.58. The third kappa shape index (κ3) is 8.71. The predicted molar refractivity (Wildman–Crippen MR) is 90.3 cm³/mol. The quantitative estimate of drug-likeness (QED) is 0.362. The number of likely N-dealkylation sites (N-methyl/N-ethyl adjacent to an activating group) is 1. The van der Waals surface area contributed by atoms with Crippen LogP contribution in [0.4, 0.5) is 0 Å². The lowest BCUT2D eigenvalue weighted by Crippen LogP contribution is -2.57. The molecule has 0 aliphatic carbocycles. The van der Waals surface area contributed by atoms with E-state index in [2.05, 4.69) is 33.1 Å². The summed E-state index contributed by atoms with van der Waals surface area (Å²) in [6, 6.07) is 0. The Balaban J connectivity index is 4.50. The fourth-order valence-corrected chi connectivity index (χ4v) is 2.09. The number of hydrogen-bond donors (Lipinski definition) is 1. The van der Waals surface area contributed by atoms with Crippen molar-refractivity contribution in [1.82, 2.24) is 5.43 Å². The van der Waals surface area contributed by atoms with E-state index in [-0.39, 0.29) is 17.0 Å². The first-order valence-corrected chi connectivity index (χ1v) is 8.28. The van der Waals surface area contributed by atoms with Crippen LogP contribution in [-0.4, -0.2) is 57.1 Å². The molecule has 0 bridgehead atoms. The summed E-state index contributed by atoms with van der Waals surface area (Å²) in [6.07, 6.45) is 3.18. The Morgan fingerprint density at radius 3 is 2.18 bits per heavy atom. The molecule has 1 unspecified atom stereocenters. The second kappa shape index (κ2) is 8.85. The van der Waals surface area contributed by atoms with Gasteiger partial charge < -0.3 is 9.47 Å². The maximum atomic E-state index is 11.7. The summed E-state index contributed by atoms with van der Waals surface area (Å²) in [6.45, 7) is 12.2. The molecule has 132 valence electrons. The van der Waals surface area contributed by atoms with Crippen LogP contribution in [0.15, 0.2) is 0 Å². The minimum absolute atomic E-state index is 0.0915. The molecule has 5 heteroatoms. The van der Waals surface area contributed by atoms with Gasteiger partial charge in [-0.05, 0) is 45.4 Å². The molecule has 22 heavy (non-hydrogen) atoms.